The van der Waals surface area contributed by atoms with Crippen LogP contribution in [-0.2, 0) is 9.53 Å². The number of hydrogen-bond acceptors (Lipinski definition) is 5. The Morgan fingerprint density at radius 3 is 3.00 bits per heavy atom. The fourth-order valence-electron chi connectivity index (χ4n) is 1.79. The van der Waals surface area contributed by atoms with E-state index >= 15 is 0 Å². The number of ketones is 1. The number of rotatable bonds is 4. The summed E-state index contributed by atoms with van der Waals surface area (Å²) in [7, 11) is 0. The molecule has 6 heteroatoms. The first-order chi connectivity index (χ1) is 8.18. The van der Waals surface area contributed by atoms with Gasteiger partial charge in [-0.2, -0.15) is 0 Å². The van der Waals surface area contributed by atoms with Crippen LogP contribution in [0.4, 0.5) is 0 Å². The lowest BCUT2D eigenvalue weighted by Crippen LogP contribution is -2.53. The van der Waals surface area contributed by atoms with Gasteiger partial charge in [0.1, 0.15) is 6.04 Å². The molecule has 1 unspecified atom stereocenters. The Morgan fingerprint density at radius 2 is 2.35 bits per heavy atom. The normalized spacial score (nSPS) is 21.3. The highest BCUT2D eigenvalue weighted by molar-refractivity contribution is 5.95. The maximum absolute atomic E-state index is 11.8. The fourth-order valence-corrected chi connectivity index (χ4v) is 1.79. The largest absolute Gasteiger partial charge is 0.461 e. The number of Topliss-reactive ketones (excluding diaryl/α,β-unsaturated/α-hetero) is 1. The number of hydrogen-bond donors (Lipinski definition) is 1. The molecule has 1 aromatic rings. The van der Waals surface area contributed by atoms with Crippen molar-refractivity contribution >= 4 is 11.7 Å². The smallest absolute Gasteiger partial charge is 0.237 e. The van der Waals surface area contributed by atoms with Crippen LogP contribution in [0.5, 0.6) is 0 Å². The van der Waals surface area contributed by atoms with Gasteiger partial charge in [0, 0.05) is 6.54 Å². The minimum Gasteiger partial charge on any atom is -0.461 e. The van der Waals surface area contributed by atoms with E-state index < -0.39 is 11.9 Å². The molecule has 0 spiro atoms. The number of carbonyl (C=O) groups excluding carboxylic acids is 2. The second kappa shape index (κ2) is 5.11. The van der Waals surface area contributed by atoms with Gasteiger partial charge in [0.05, 0.1) is 26.0 Å². The minimum atomic E-state index is -0.539. The molecular weight excluding hydrogens is 224 g/mol. The van der Waals surface area contributed by atoms with Gasteiger partial charge in [-0.15, -0.1) is 0 Å². The summed E-state index contributed by atoms with van der Waals surface area (Å²) in [6.07, 6.45) is 1.44. The average Bonchev–Trinajstić information content (AvgIpc) is 2.83. The Bertz CT molecular complexity index is 402. The number of morpholine rings is 1. The molecular formula is C11H14N2O4. The van der Waals surface area contributed by atoms with Crippen molar-refractivity contribution in [1.29, 1.82) is 0 Å². The molecule has 92 valence electrons. The number of nitrogens with zero attached hydrogens (tertiary/aromatic N) is 1. The summed E-state index contributed by atoms with van der Waals surface area (Å²) in [4.78, 5) is 24.7. The van der Waals surface area contributed by atoms with Gasteiger partial charge in [0.15, 0.2) is 5.76 Å². The molecule has 1 aliphatic rings. The van der Waals surface area contributed by atoms with Crippen LogP contribution in [0.15, 0.2) is 22.8 Å². The molecule has 1 fully saturated rings. The maximum Gasteiger partial charge on any atom is 0.237 e. The van der Waals surface area contributed by atoms with Gasteiger partial charge in [-0.1, -0.05) is 0 Å². The predicted octanol–water partition coefficient (Wildman–Crippen LogP) is -0.352. The molecule has 1 aromatic heterocycles. The molecule has 0 aromatic carbocycles. The number of ether oxygens (including phenoxy) is 1. The van der Waals surface area contributed by atoms with E-state index in [1.54, 1.807) is 17.0 Å². The molecule has 1 amide bonds. The molecule has 0 radical (unpaired) electrons. The zero-order chi connectivity index (χ0) is 12.3. The first-order valence-corrected chi connectivity index (χ1v) is 5.36. The molecule has 6 nitrogen and oxygen atoms in total. The standard InChI is InChI=1S/C11H14N2O4/c12-11(15)8-7-16-5-3-13(8)6-9(14)10-2-1-4-17-10/h1-2,4,8H,3,5-7H2,(H2,12,15). The van der Waals surface area contributed by atoms with Crippen LogP contribution in [0.3, 0.4) is 0 Å². The van der Waals surface area contributed by atoms with E-state index in [0.717, 1.165) is 0 Å². The summed E-state index contributed by atoms with van der Waals surface area (Å²) in [5.41, 5.74) is 5.26. The van der Waals surface area contributed by atoms with Crippen LogP contribution in [0.1, 0.15) is 10.6 Å². The third-order valence-corrected chi connectivity index (χ3v) is 2.71. The highest BCUT2D eigenvalue weighted by atomic mass is 16.5. The van der Waals surface area contributed by atoms with Gasteiger partial charge in [-0.05, 0) is 12.1 Å². The van der Waals surface area contributed by atoms with E-state index in [1.165, 1.54) is 6.26 Å². The van der Waals surface area contributed by atoms with Crippen LogP contribution in [0, 0.1) is 0 Å². The fraction of sp³-hybridized carbons (Fsp3) is 0.455. The lowest BCUT2D eigenvalue weighted by Gasteiger charge is -2.32. The van der Waals surface area contributed by atoms with E-state index in [-0.39, 0.29) is 18.9 Å². The second-order valence-electron chi connectivity index (χ2n) is 3.86. The van der Waals surface area contributed by atoms with Gasteiger partial charge in [-0.3, -0.25) is 14.5 Å². The monoisotopic (exact) mass is 238 g/mol. The van der Waals surface area contributed by atoms with Crippen LogP contribution in [0.2, 0.25) is 0 Å². The summed E-state index contributed by atoms with van der Waals surface area (Å²) in [6.45, 7) is 1.36. The van der Waals surface area contributed by atoms with Crippen LogP contribution in [0.25, 0.3) is 0 Å². The Hall–Kier alpha value is -1.66. The Kier molecular flexibility index (Phi) is 3.55. The molecule has 0 saturated carbocycles. The predicted molar refractivity (Wildman–Crippen MR) is 58.4 cm³/mol. The average molecular weight is 238 g/mol. The number of carbonyl (C=O) groups is 2. The van der Waals surface area contributed by atoms with E-state index in [4.69, 9.17) is 14.9 Å². The number of nitrogens with two attached hydrogens (primary N) is 1. The van der Waals surface area contributed by atoms with Crippen LogP contribution >= 0.6 is 0 Å². The molecule has 1 aliphatic heterocycles. The van der Waals surface area contributed by atoms with Gasteiger partial charge in [-0.25, -0.2) is 0 Å². The Morgan fingerprint density at radius 1 is 1.53 bits per heavy atom. The molecule has 1 atom stereocenters. The Balaban J connectivity index is 2.01. The molecule has 0 bridgehead atoms. The van der Waals surface area contributed by atoms with Crippen LogP contribution < -0.4 is 5.73 Å². The lowest BCUT2D eigenvalue weighted by atomic mass is 10.2. The zero-order valence-electron chi connectivity index (χ0n) is 9.30. The lowest BCUT2D eigenvalue weighted by molar-refractivity contribution is -0.128. The Labute approximate surface area is 98.3 Å². The number of primary amides is 1. The molecule has 0 aliphatic carbocycles. The minimum absolute atomic E-state index is 0.116. The maximum atomic E-state index is 11.8. The molecule has 1 saturated heterocycles. The van der Waals surface area contributed by atoms with Crippen molar-refractivity contribution in [2.75, 3.05) is 26.3 Å². The summed E-state index contributed by atoms with van der Waals surface area (Å²) in [5.74, 6) is -0.347. The van der Waals surface area contributed by atoms with E-state index in [1.807, 2.05) is 0 Å². The summed E-state index contributed by atoms with van der Waals surface area (Å²) >= 11 is 0. The highest BCUT2D eigenvalue weighted by Crippen LogP contribution is 2.09. The van der Waals surface area contributed by atoms with Crippen molar-refractivity contribution in [3.63, 3.8) is 0 Å². The van der Waals surface area contributed by atoms with Gasteiger partial charge < -0.3 is 14.9 Å². The first kappa shape index (κ1) is 11.8. The van der Waals surface area contributed by atoms with Gasteiger partial charge >= 0.3 is 0 Å². The van der Waals surface area contributed by atoms with Gasteiger partial charge in [0.2, 0.25) is 11.7 Å². The first-order valence-electron chi connectivity index (χ1n) is 5.36. The van der Waals surface area contributed by atoms with E-state index in [0.29, 0.717) is 18.9 Å². The summed E-state index contributed by atoms with van der Waals surface area (Å²) in [5, 5.41) is 0. The topological polar surface area (TPSA) is 85.8 Å². The van der Waals surface area contributed by atoms with Gasteiger partial charge in [0.25, 0.3) is 0 Å². The summed E-state index contributed by atoms with van der Waals surface area (Å²) in [6, 6.07) is 2.71. The third kappa shape index (κ3) is 2.72. The molecule has 2 heterocycles. The van der Waals surface area contributed by atoms with Crippen molar-refractivity contribution in [3.8, 4) is 0 Å². The van der Waals surface area contributed by atoms with Crippen molar-refractivity contribution in [1.82, 2.24) is 4.90 Å². The number of furan rings is 1. The molecule has 2 N–H and O–H groups in total. The second-order valence-corrected chi connectivity index (χ2v) is 3.86. The van der Waals surface area contributed by atoms with Crippen molar-refractivity contribution in [2.24, 2.45) is 5.73 Å². The molecule has 2 rings (SSSR count). The van der Waals surface area contributed by atoms with E-state index in [9.17, 15) is 9.59 Å². The SMILES string of the molecule is NC(=O)C1COCCN1CC(=O)c1ccco1. The third-order valence-electron chi connectivity index (χ3n) is 2.71. The molecule has 17 heavy (non-hydrogen) atoms. The van der Waals surface area contributed by atoms with Crippen molar-refractivity contribution < 1.29 is 18.7 Å². The van der Waals surface area contributed by atoms with Crippen molar-refractivity contribution in [3.05, 3.63) is 24.2 Å². The quantitative estimate of drug-likeness (QED) is 0.724. The van der Waals surface area contributed by atoms with Crippen LogP contribution in [-0.4, -0.2) is 48.9 Å². The highest BCUT2D eigenvalue weighted by Gasteiger charge is 2.29. The number of amides is 1. The van der Waals surface area contributed by atoms with Crippen molar-refractivity contribution in [2.45, 2.75) is 6.04 Å². The van der Waals surface area contributed by atoms with E-state index in [2.05, 4.69) is 0 Å². The summed E-state index contributed by atoms with van der Waals surface area (Å²) < 4.78 is 10.2. The zero-order valence-corrected chi connectivity index (χ0v) is 9.30.